The van der Waals surface area contributed by atoms with Crippen LogP contribution in [-0.2, 0) is 13.6 Å². The summed E-state index contributed by atoms with van der Waals surface area (Å²) in [5, 5.41) is 9.96. The van der Waals surface area contributed by atoms with E-state index >= 15 is 0 Å². The van der Waals surface area contributed by atoms with Crippen molar-refractivity contribution < 1.29 is 0 Å². The maximum Gasteiger partial charge on any atom is 0.163 e. The van der Waals surface area contributed by atoms with Crippen LogP contribution in [0.25, 0.3) is 11.0 Å². The fourth-order valence-electron chi connectivity index (χ4n) is 3.54. The summed E-state index contributed by atoms with van der Waals surface area (Å²) in [5.74, 6) is 0.993. The standard InChI is InChI=1S/C16H21N7/c1-11-7-12(2)23(20-11)9-13-5-4-6-22(13)16-14-8-19-21(3)15(14)17-10-18-16/h7-8,10,13H,4-6,9H2,1-3H3. The molecule has 1 saturated heterocycles. The third-order valence-corrected chi connectivity index (χ3v) is 4.64. The zero-order chi connectivity index (χ0) is 16.0. The normalized spacial score (nSPS) is 18.2. The van der Waals surface area contributed by atoms with Gasteiger partial charge in [0.25, 0.3) is 0 Å². The minimum Gasteiger partial charge on any atom is -0.351 e. The zero-order valence-electron chi connectivity index (χ0n) is 13.8. The molecule has 0 N–H and O–H groups in total. The quantitative estimate of drug-likeness (QED) is 0.738. The second-order valence-electron chi connectivity index (χ2n) is 6.30. The highest BCUT2D eigenvalue weighted by molar-refractivity contribution is 5.86. The Labute approximate surface area is 134 Å². The van der Waals surface area contributed by atoms with E-state index in [2.05, 4.69) is 42.7 Å². The highest BCUT2D eigenvalue weighted by atomic mass is 15.3. The average Bonchev–Trinajstić information content (AvgIpc) is 3.21. The van der Waals surface area contributed by atoms with Crippen LogP contribution in [0.4, 0.5) is 5.82 Å². The highest BCUT2D eigenvalue weighted by Crippen LogP contribution is 2.30. The van der Waals surface area contributed by atoms with E-state index < -0.39 is 0 Å². The van der Waals surface area contributed by atoms with Crippen molar-refractivity contribution in [3.05, 3.63) is 30.0 Å². The van der Waals surface area contributed by atoms with Crippen LogP contribution >= 0.6 is 0 Å². The minimum atomic E-state index is 0.409. The molecule has 1 fully saturated rings. The number of hydrogen-bond acceptors (Lipinski definition) is 5. The van der Waals surface area contributed by atoms with Gasteiger partial charge in [-0.15, -0.1) is 0 Å². The van der Waals surface area contributed by atoms with Crippen LogP contribution in [0.1, 0.15) is 24.2 Å². The van der Waals surface area contributed by atoms with E-state index in [0.717, 1.165) is 42.1 Å². The van der Waals surface area contributed by atoms with Crippen molar-refractivity contribution in [3.8, 4) is 0 Å². The van der Waals surface area contributed by atoms with Gasteiger partial charge in [-0.3, -0.25) is 9.36 Å². The van der Waals surface area contributed by atoms with Gasteiger partial charge >= 0.3 is 0 Å². The molecular formula is C16H21N7. The molecule has 120 valence electrons. The Morgan fingerprint density at radius 1 is 1.26 bits per heavy atom. The number of nitrogens with zero attached hydrogens (tertiary/aromatic N) is 7. The van der Waals surface area contributed by atoms with E-state index in [1.54, 1.807) is 11.0 Å². The lowest BCUT2D eigenvalue weighted by Crippen LogP contribution is -2.34. The predicted octanol–water partition coefficient (Wildman–Crippen LogP) is 1.85. The van der Waals surface area contributed by atoms with Gasteiger partial charge in [-0.1, -0.05) is 0 Å². The number of rotatable bonds is 3. The Morgan fingerprint density at radius 2 is 2.13 bits per heavy atom. The van der Waals surface area contributed by atoms with E-state index in [-0.39, 0.29) is 0 Å². The molecule has 1 aliphatic heterocycles. The van der Waals surface area contributed by atoms with Crippen LogP contribution in [0.3, 0.4) is 0 Å². The lowest BCUT2D eigenvalue weighted by molar-refractivity contribution is 0.497. The third kappa shape index (κ3) is 2.36. The number of anilines is 1. The molecule has 4 rings (SSSR count). The van der Waals surface area contributed by atoms with Crippen LogP contribution < -0.4 is 4.90 Å². The maximum absolute atomic E-state index is 4.61. The summed E-state index contributed by atoms with van der Waals surface area (Å²) in [5.41, 5.74) is 3.17. The third-order valence-electron chi connectivity index (χ3n) is 4.64. The molecule has 1 unspecified atom stereocenters. The van der Waals surface area contributed by atoms with Crippen molar-refractivity contribution in [1.82, 2.24) is 29.5 Å². The molecule has 7 heteroatoms. The summed E-state index contributed by atoms with van der Waals surface area (Å²) in [6.45, 7) is 6.07. The summed E-state index contributed by atoms with van der Waals surface area (Å²) in [6.07, 6.45) is 5.83. The van der Waals surface area contributed by atoms with Gasteiger partial charge in [0.05, 0.1) is 29.9 Å². The minimum absolute atomic E-state index is 0.409. The summed E-state index contributed by atoms with van der Waals surface area (Å²) < 4.78 is 3.91. The first-order valence-corrected chi connectivity index (χ1v) is 8.04. The van der Waals surface area contributed by atoms with Crippen molar-refractivity contribution in [1.29, 1.82) is 0 Å². The summed E-state index contributed by atoms with van der Waals surface area (Å²) >= 11 is 0. The number of hydrogen-bond donors (Lipinski definition) is 0. The molecule has 1 atom stereocenters. The van der Waals surface area contributed by atoms with Gasteiger partial charge in [0.15, 0.2) is 5.65 Å². The Morgan fingerprint density at radius 3 is 2.91 bits per heavy atom. The fraction of sp³-hybridized carbons (Fsp3) is 0.500. The van der Waals surface area contributed by atoms with Crippen molar-refractivity contribution >= 4 is 16.9 Å². The Kier molecular flexibility index (Phi) is 3.28. The fourth-order valence-corrected chi connectivity index (χ4v) is 3.54. The number of aromatic nitrogens is 6. The molecule has 3 aromatic heterocycles. The molecule has 0 spiro atoms. The molecule has 0 amide bonds. The number of aryl methyl sites for hydroxylation is 3. The average molecular weight is 311 g/mol. The van der Waals surface area contributed by atoms with Gasteiger partial charge in [-0.05, 0) is 32.8 Å². The van der Waals surface area contributed by atoms with Gasteiger partial charge in [0, 0.05) is 19.3 Å². The smallest absolute Gasteiger partial charge is 0.163 e. The van der Waals surface area contributed by atoms with Crippen LogP contribution in [0.5, 0.6) is 0 Å². The summed E-state index contributed by atoms with van der Waals surface area (Å²) in [6, 6.07) is 2.54. The largest absolute Gasteiger partial charge is 0.351 e. The van der Waals surface area contributed by atoms with E-state index in [9.17, 15) is 0 Å². The van der Waals surface area contributed by atoms with Crippen LogP contribution in [-0.4, -0.2) is 42.1 Å². The molecule has 0 radical (unpaired) electrons. The molecule has 23 heavy (non-hydrogen) atoms. The van der Waals surface area contributed by atoms with Crippen molar-refractivity contribution in [2.45, 2.75) is 39.3 Å². The number of fused-ring (bicyclic) bond motifs is 1. The SMILES string of the molecule is Cc1cc(C)n(CC2CCCN2c2ncnc3c2cnn3C)n1. The van der Waals surface area contributed by atoms with Gasteiger partial charge < -0.3 is 4.90 Å². The van der Waals surface area contributed by atoms with Gasteiger partial charge in [-0.2, -0.15) is 10.2 Å². The molecule has 0 aromatic carbocycles. The van der Waals surface area contributed by atoms with E-state index in [4.69, 9.17) is 0 Å². The first-order chi connectivity index (χ1) is 11.1. The van der Waals surface area contributed by atoms with E-state index in [1.165, 1.54) is 12.1 Å². The summed E-state index contributed by atoms with van der Waals surface area (Å²) in [4.78, 5) is 11.3. The van der Waals surface area contributed by atoms with Crippen molar-refractivity contribution in [3.63, 3.8) is 0 Å². The first-order valence-electron chi connectivity index (χ1n) is 8.04. The first kappa shape index (κ1) is 14.2. The molecule has 4 heterocycles. The van der Waals surface area contributed by atoms with Gasteiger partial charge in [0.1, 0.15) is 12.1 Å². The van der Waals surface area contributed by atoms with Crippen LogP contribution in [0.15, 0.2) is 18.6 Å². The highest BCUT2D eigenvalue weighted by Gasteiger charge is 2.28. The van der Waals surface area contributed by atoms with Crippen molar-refractivity contribution in [2.75, 3.05) is 11.4 Å². The van der Waals surface area contributed by atoms with Crippen molar-refractivity contribution in [2.24, 2.45) is 7.05 Å². The molecular weight excluding hydrogens is 290 g/mol. The molecule has 0 saturated carbocycles. The molecule has 0 aliphatic carbocycles. The molecule has 0 bridgehead atoms. The van der Waals surface area contributed by atoms with E-state index in [0.29, 0.717) is 6.04 Å². The monoisotopic (exact) mass is 311 g/mol. The molecule has 3 aromatic rings. The molecule has 7 nitrogen and oxygen atoms in total. The van der Waals surface area contributed by atoms with Crippen LogP contribution in [0.2, 0.25) is 0 Å². The van der Waals surface area contributed by atoms with Gasteiger partial charge in [0.2, 0.25) is 0 Å². The Balaban J connectivity index is 1.68. The lowest BCUT2D eigenvalue weighted by atomic mass is 10.2. The maximum atomic E-state index is 4.61. The van der Waals surface area contributed by atoms with E-state index in [1.807, 2.05) is 20.2 Å². The second kappa shape index (κ2) is 5.33. The molecule has 1 aliphatic rings. The predicted molar refractivity (Wildman–Crippen MR) is 88.4 cm³/mol. The zero-order valence-corrected chi connectivity index (χ0v) is 13.8. The lowest BCUT2D eigenvalue weighted by Gasteiger charge is -2.26. The Hall–Kier alpha value is -2.44. The van der Waals surface area contributed by atoms with Crippen LogP contribution in [0, 0.1) is 13.8 Å². The second-order valence-corrected chi connectivity index (χ2v) is 6.30. The Bertz CT molecular complexity index is 847. The van der Waals surface area contributed by atoms with Gasteiger partial charge in [-0.25, -0.2) is 9.97 Å². The topological polar surface area (TPSA) is 64.7 Å². The summed E-state index contributed by atoms with van der Waals surface area (Å²) in [7, 11) is 1.91.